The third-order valence-electron chi connectivity index (χ3n) is 5.60. The minimum absolute atomic E-state index is 0.0669. The van der Waals surface area contributed by atoms with Crippen molar-refractivity contribution < 1.29 is 9.13 Å². The Morgan fingerprint density at radius 2 is 1.83 bits per heavy atom. The molecule has 0 bridgehead atoms. The fraction of sp³-hybridized carbons (Fsp3) is 0.318. The standard InChI is InChI=1S/C22H22FN5O2/c23-17-4-2-16(3-5-17)18-15-25-28-20-6-9-27(22(29)19(20)14-24-21(18)28)8-1-7-26-10-12-30-13-11-26/h2-6,9,14-15H,1,7-8,10-13H2. The largest absolute Gasteiger partial charge is 0.379 e. The Kier molecular flexibility index (Phi) is 5.02. The van der Waals surface area contributed by atoms with Gasteiger partial charge in [0.25, 0.3) is 5.56 Å². The summed E-state index contributed by atoms with van der Waals surface area (Å²) in [6.07, 6.45) is 6.03. The zero-order valence-corrected chi connectivity index (χ0v) is 16.5. The third kappa shape index (κ3) is 3.48. The van der Waals surface area contributed by atoms with E-state index in [0.717, 1.165) is 50.4 Å². The van der Waals surface area contributed by atoms with Crippen molar-refractivity contribution in [3.8, 4) is 11.1 Å². The van der Waals surface area contributed by atoms with Gasteiger partial charge in [0.2, 0.25) is 0 Å². The lowest BCUT2D eigenvalue weighted by atomic mass is 10.1. The van der Waals surface area contributed by atoms with Crippen LogP contribution in [0.2, 0.25) is 0 Å². The maximum Gasteiger partial charge on any atom is 0.261 e. The number of halogens is 1. The second kappa shape index (κ2) is 7.97. The van der Waals surface area contributed by atoms with Crippen LogP contribution in [0.3, 0.4) is 0 Å². The Morgan fingerprint density at radius 1 is 1.03 bits per heavy atom. The summed E-state index contributed by atoms with van der Waals surface area (Å²) < 4.78 is 22.0. The fourth-order valence-corrected chi connectivity index (χ4v) is 3.96. The molecule has 3 aromatic heterocycles. The summed E-state index contributed by atoms with van der Waals surface area (Å²) in [5, 5.41) is 4.97. The fourth-order valence-electron chi connectivity index (χ4n) is 3.96. The Morgan fingerprint density at radius 3 is 2.63 bits per heavy atom. The molecule has 5 rings (SSSR count). The molecule has 1 aliphatic rings. The summed E-state index contributed by atoms with van der Waals surface area (Å²) in [6, 6.07) is 8.13. The van der Waals surface area contributed by atoms with Crippen molar-refractivity contribution in [3.05, 3.63) is 65.1 Å². The summed E-state index contributed by atoms with van der Waals surface area (Å²) in [5.41, 5.74) is 2.91. The van der Waals surface area contributed by atoms with Gasteiger partial charge in [0.1, 0.15) is 5.82 Å². The SMILES string of the molecule is O=c1c2cnc3c(-c4ccc(F)cc4)cnn3c2ccn1CCCN1CCOCC1. The highest BCUT2D eigenvalue weighted by molar-refractivity contribution is 5.84. The molecule has 1 saturated heterocycles. The second-order valence-corrected chi connectivity index (χ2v) is 7.48. The molecule has 1 fully saturated rings. The molecule has 8 heteroatoms. The van der Waals surface area contributed by atoms with Crippen LogP contribution in [0.25, 0.3) is 27.7 Å². The number of morpholine rings is 1. The van der Waals surface area contributed by atoms with Crippen molar-refractivity contribution in [2.45, 2.75) is 13.0 Å². The van der Waals surface area contributed by atoms with Gasteiger partial charge in [0, 0.05) is 44.1 Å². The minimum Gasteiger partial charge on any atom is -0.379 e. The molecule has 7 nitrogen and oxygen atoms in total. The molecule has 4 heterocycles. The van der Waals surface area contributed by atoms with Gasteiger partial charge in [-0.05, 0) is 30.2 Å². The van der Waals surface area contributed by atoms with Gasteiger partial charge < -0.3 is 9.30 Å². The molecule has 4 aromatic rings. The van der Waals surface area contributed by atoms with E-state index in [2.05, 4.69) is 15.0 Å². The zero-order chi connectivity index (χ0) is 20.5. The number of pyridine rings is 1. The smallest absolute Gasteiger partial charge is 0.261 e. The molecule has 154 valence electrons. The molecule has 0 N–H and O–H groups in total. The molecule has 0 atom stereocenters. The van der Waals surface area contributed by atoms with Gasteiger partial charge >= 0.3 is 0 Å². The summed E-state index contributed by atoms with van der Waals surface area (Å²) in [4.78, 5) is 19.8. The van der Waals surface area contributed by atoms with Crippen LogP contribution in [0.15, 0.2) is 53.7 Å². The van der Waals surface area contributed by atoms with Gasteiger partial charge in [0.05, 0.1) is 30.3 Å². The number of aromatic nitrogens is 4. The monoisotopic (exact) mass is 407 g/mol. The highest BCUT2D eigenvalue weighted by Gasteiger charge is 2.14. The number of rotatable bonds is 5. The van der Waals surface area contributed by atoms with E-state index >= 15 is 0 Å². The molecule has 0 unspecified atom stereocenters. The normalized spacial score (nSPS) is 15.2. The quantitative estimate of drug-likeness (QED) is 0.509. The van der Waals surface area contributed by atoms with Crippen LogP contribution in [-0.4, -0.2) is 56.9 Å². The van der Waals surface area contributed by atoms with Crippen molar-refractivity contribution in [2.75, 3.05) is 32.8 Å². The Bertz CT molecular complexity index is 1240. The van der Waals surface area contributed by atoms with E-state index in [1.807, 2.05) is 12.3 Å². The summed E-state index contributed by atoms with van der Waals surface area (Å²) >= 11 is 0. The van der Waals surface area contributed by atoms with Gasteiger partial charge in [-0.25, -0.2) is 13.9 Å². The minimum atomic E-state index is -0.289. The average molecular weight is 407 g/mol. The van der Waals surface area contributed by atoms with Gasteiger partial charge in [-0.2, -0.15) is 5.10 Å². The topological polar surface area (TPSA) is 64.7 Å². The second-order valence-electron chi connectivity index (χ2n) is 7.48. The Hall–Kier alpha value is -3.10. The number of nitrogens with zero attached hydrogens (tertiary/aromatic N) is 5. The average Bonchev–Trinajstić information content (AvgIpc) is 3.21. The van der Waals surface area contributed by atoms with Gasteiger partial charge in [-0.15, -0.1) is 0 Å². The molecular formula is C22H22FN5O2. The molecular weight excluding hydrogens is 385 g/mol. The highest BCUT2D eigenvalue weighted by atomic mass is 19.1. The number of benzene rings is 1. The third-order valence-corrected chi connectivity index (χ3v) is 5.60. The first-order chi connectivity index (χ1) is 14.7. The lowest BCUT2D eigenvalue weighted by Crippen LogP contribution is -2.37. The first kappa shape index (κ1) is 18.9. The lowest BCUT2D eigenvalue weighted by Gasteiger charge is -2.26. The van der Waals surface area contributed by atoms with Crippen molar-refractivity contribution in [1.82, 2.24) is 24.1 Å². The van der Waals surface area contributed by atoms with Gasteiger partial charge in [0.15, 0.2) is 5.65 Å². The number of hydrogen-bond acceptors (Lipinski definition) is 5. The van der Waals surface area contributed by atoms with E-state index in [1.54, 1.807) is 33.6 Å². The number of ether oxygens (including phenoxy) is 1. The molecule has 1 aromatic carbocycles. The maximum absolute atomic E-state index is 13.2. The lowest BCUT2D eigenvalue weighted by molar-refractivity contribution is 0.0369. The van der Waals surface area contributed by atoms with E-state index in [1.165, 1.54) is 12.1 Å². The van der Waals surface area contributed by atoms with Crippen LogP contribution in [-0.2, 0) is 11.3 Å². The molecule has 30 heavy (non-hydrogen) atoms. The van der Waals surface area contributed by atoms with Crippen LogP contribution in [0.1, 0.15) is 6.42 Å². The predicted octanol–water partition coefficient (Wildman–Crippen LogP) is 2.57. The number of fused-ring (bicyclic) bond motifs is 3. The van der Waals surface area contributed by atoms with Crippen LogP contribution < -0.4 is 5.56 Å². The molecule has 0 radical (unpaired) electrons. The first-order valence-electron chi connectivity index (χ1n) is 10.1. The van der Waals surface area contributed by atoms with Gasteiger partial charge in [-0.3, -0.25) is 9.69 Å². The van der Waals surface area contributed by atoms with Crippen molar-refractivity contribution in [1.29, 1.82) is 0 Å². The van der Waals surface area contributed by atoms with E-state index in [0.29, 0.717) is 23.1 Å². The van der Waals surface area contributed by atoms with Crippen molar-refractivity contribution in [3.63, 3.8) is 0 Å². The van der Waals surface area contributed by atoms with E-state index in [4.69, 9.17) is 4.74 Å². The number of hydrogen-bond donors (Lipinski definition) is 0. The molecule has 0 saturated carbocycles. The molecule has 0 aliphatic carbocycles. The van der Waals surface area contributed by atoms with E-state index in [9.17, 15) is 9.18 Å². The maximum atomic E-state index is 13.2. The first-order valence-corrected chi connectivity index (χ1v) is 10.1. The predicted molar refractivity (Wildman–Crippen MR) is 112 cm³/mol. The molecule has 0 spiro atoms. The van der Waals surface area contributed by atoms with Crippen LogP contribution in [0.4, 0.5) is 4.39 Å². The van der Waals surface area contributed by atoms with E-state index in [-0.39, 0.29) is 11.4 Å². The Labute approximate surface area is 172 Å². The van der Waals surface area contributed by atoms with Gasteiger partial charge in [-0.1, -0.05) is 12.1 Å². The Balaban J connectivity index is 1.43. The highest BCUT2D eigenvalue weighted by Crippen LogP contribution is 2.25. The summed E-state index contributed by atoms with van der Waals surface area (Å²) in [7, 11) is 0. The summed E-state index contributed by atoms with van der Waals surface area (Å²) in [5.74, 6) is -0.289. The zero-order valence-electron chi connectivity index (χ0n) is 16.5. The van der Waals surface area contributed by atoms with Crippen molar-refractivity contribution in [2.24, 2.45) is 0 Å². The van der Waals surface area contributed by atoms with Crippen molar-refractivity contribution >= 4 is 16.6 Å². The number of aryl methyl sites for hydroxylation is 1. The molecule has 0 amide bonds. The summed E-state index contributed by atoms with van der Waals surface area (Å²) in [6.45, 7) is 5.06. The van der Waals surface area contributed by atoms with Crippen LogP contribution >= 0.6 is 0 Å². The van der Waals surface area contributed by atoms with Crippen LogP contribution in [0, 0.1) is 5.82 Å². The van der Waals surface area contributed by atoms with Crippen LogP contribution in [0.5, 0.6) is 0 Å². The van der Waals surface area contributed by atoms with E-state index < -0.39 is 0 Å². The molecule has 1 aliphatic heterocycles.